The van der Waals surface area contributed by atoms with Crippen molar-refractivity contribution < 1.29 is 23.8 Å². The molecule has 1 saturated heterocycles. The largest absolute Gasteiger partial charge is 0.463 e. The number of hydrogen-bond acceptors (Lipinski definition) is 5. The number of ether oxygens (including phenoxy) is 2. The first-order valence-corrected chi connectivity index (χ1v) is 12.5. The molecule has 1 fully saturated rings. The fraction of sp³-hybridized carbons (Fsp3) is 0.483. The standard InChI is InChI=1S/C29H38FNO4/c1-5-34-29(33)13-12-24-11-8-20(2)15-27(24)22(4)35-19-26(32)18-31-14-6-7-25(31)16-23-10-9-21(3)28(30)17-23/h8-13,15,17,22,25-26,32H,5-7,14,16,18-19H2,1-4H3/b13-12+/t22-,25+,26-/m1/s1. The Labute approximate surface area is 208 Å². The van der Waals surface area contributed by atoms with Crippen LogP contribution < -0.4 is 0 Å². The molecule has 0 bridgehead atoms. The van der Waals surface area contributed by atoms with E-state index >= 15 is 0 Å². The molecule has 1 aliphatic rings. The molecular weight excluding hydrogens is 445 g/mol. The highest BCUT2D eigenvalue weighted by molar-refractivity contribution is 5.87. The molecule has 1 aliphatic heterocycles. The summed E-state index contributed by atoms with van der Waals surface area (Å²) in [5.74, 6) is -0.543. The van der Waals surface area contributed by atoms with Crippen LogP contribution in [0.15, 0.2) is 42.5 Å². The van der Waals surface area contributed by atoms with Gasteiger partial charge in [0.15, 0.2) is 0 Å². The third kappa shape index (κ3) is 7.99. The lowest BCUT2D eigenvalue weighted by molar-refractivity contribution is -0.137. The van der Waals surface area contributed by atoms with Crippen LogP contribution in [-0.4, -0.2) is 54.4 Å². The normalized spacial score (nSPS) is 18.2. The van der Waals surface area contributed by atoms with E-state index in [1.165, 1.54) is 6.08 Å². The van der Waals surface area contributed by atoms with Crippen molar-refractivity contribution in [1.29, 1.82) is 0 Å². The highest BCUT2D eigenvalue weighted by atomic mass is 19.1. The van der Waals surface area contributed by atoms with Crippen LogP contribution >= 0.6 is 0 Å². The Balaban J connectivity index is 1.56. The molecule has 0 amide bonds. The van der Waals surface area contributed by atoms with Crippen LogP contribution in [0.1, 0.15) is 60.6 Å². The first-order chi connectivity index (χ1) is 16.8. The topological polar surface area (TPSA) is 59.0 Å². The molecule has 0 aliphatic carbocycles. The van der Waals surface area contributed by atoms with Crippen LogP contribution in [-0.2, 0) is 20.7 Å². The highest BCUT2D eigenvalue weighted by Crippen LogP contribution is 2.25. The molecule has 0 spiro atoms. The molecule has 0 radical (unpaired) electrons. The van der Waals surface area contributed by atoms with Crippen LogP contribution in [0.2, 0.25) is 0 Å². The van der Waals surface area contributed by atoms with Crippen molar-refractivity contribution in [3.05, 3.63) is 76.1 Å². The van der Waals surface area contributed by atoms with Crippen molar-refractivity contribution in [1.82, 2.24) is 4.90 Å². The molecule has 1 N–H and O–H groups in total. The Morgan fingerprint density at radius 2 is 2.06 bits per heavy atom. The first kappa shape index (κ1) is 27.1. The minimum atomic E-state index is -0.629. The summed E-state index contributed by atoms with van der Waals surface area (Å²) in [6.07, 6.45) is 5.17. The number of aliphatic hydroxyl groups is 1. The van der Waals surface area contributed by atoms with E-state index in [2.05, 4.69) is 4.90 Å². The van der Waals surface area contributed by atoms with E-state index in [4.69, 9.17) is 9.47 Å². The number of halogens is 1. The molecule has 1 heterocycles. The Hall–Kier alpha value is -2.54. The van der Waals surface area contributed by atoms with E-state index in [0.717, 1.165) is 48.1 Å². The fourth-order valence-corrected chi connectivity index (χ4v) is 4.62. The van der Waals surface area contributed by atoms with Gasteiger partial charge in [0, 0.05) is 18.7 Å². The van der Waals surface area contributed by atoms with Crippen molar-refractivity contribution in [3.63, 3.8) is 0 Å². The van der Waals surface area contributed by atoms with Gasteiger partial charge in [0.2, 0.25) is 0 Å². The van der Waals surface area contributed by atoms with Crippen LogP contribution in [0.5, 0.6) is 0 Å². The molecule has 190 valence electrons. The van der Waals surface area contributed by atoms with Crippen LogP contribution in [0.25, 0.3) is 6.08 Å². The van der Waals surface area contributed by atoms with Crippen LogP contribution in [0.4, 0.5) is 4.39 Å². The molecular formula is C29H38FNO4. The summed E-state index contributed by atoms with van der Waals surface area (Å²) >= 11 is 0. The second-order valence-corrected chi connectivity index (χ2v) is 9.43. The van der Waals surface area contributed by atoms with Gasteiger partial charge < -0.3 is 14.6 Å². The van der Waals surface area contributed by atoms with Gasteiger partial charge in [0.05, 0.1) is 25.4 Å². The fourth-order valence-electron chi connectivity index (χ4n) is 4.62. The molecule has 35 heavy (non-hydrogen) atoms. The maximum absolute atomic E-state index is 14.0. The van der Waals surface area contributed by atoms with E-state index in [1.807, 2.05) is 44.2 Å². The van der Waals surface area contributed by atoms with Gasteiger partial charge >= 0.3 is 5.97 Å². The zero-order valence-electron chi connectivity index (χ0n) is 21.3. The van der Waals surface area contributed by atoms with Gasteiger partial charge in [-0.05, 0) is 87.9 Å². The van der Waals surface area contributed by atoms with Gasteiger partial charge in [-0.2, -0.15) is 0 Å². The van der Waals surface area contributed by atoms with Crippen LogP contribution in [0.3, 0.4) is 0 Å². The van der Waals surface area contributed by atoms with E-state index in [1.54, 1.807) is 26.0 Å². The molecule has 3 atom stereocenters. The maximum Gasteiger partial charge on any atom is 0.330 e. The predicted octanol–water partition coefficient (Wildman–Crippen LogP) is 5.16. The lowest BCUT2D eigenvalue weighted by Crippen LogP contribution is -2.39. The number of aliphatic hydroxyl groups excluding tert-OH is 1. The van der Waals surface area contributed by atoms with Gasteiger partial charge in [-0.3, -0.25) is 4.90 Å². The van der Waals surface area contributed by atoms with Gasteiger partial charge in [0.1, 0.15) is 5.82 Å². The summed E-state index contributed by atoms with van der Waals surface area (Å²) in [6, 6.07) is 11.7. The third-order valence-electron chi connectivity index (χ3n) is 6.56. The second kappa shape index (κ2) is 13.0. The number of hydrogen-bond donors (Lipinski definition) is 1. The summed E-state index contributed by atoms with van der Waals surface area (Å²) in [5, 5.41) is 10.7. The lowest BCUT2D eigenvalue weighted by atomic mass is 10.00. The van der Waals surface area contributed by atoms with Gasteiger partial charge in [-0.25, -0.2) is 9.18 Å². The molecule has 5 nitrogen and oxygen atoms in total. The molecule has 6 heteroatoms. The number of carbonyl (C=O) groups excluding carboxylic acids is 1. The number of aryl methyl sites for hydroxylation is 2. The van der Waals surface area contributed by atoms with E-state index in [-0.39, 0.29) is 24.5 Å². The van der Waals surface area contributed by atoms with E-state index < -0.39 is 6.10 Å². The average Bonchev–Trinajstić information content (AvgIpc) is 3.25. The molecule has 0 saturated carbocycles. The second-order valence-electron chi connectivity index (χ2n) is 9.43. The molecule has 0 unspecified atom stereocenters. The number of esters is 1. The number of carbonyl (C=O) groups is 1. The number of likely N-dealkylation sites (tertiary alicyclic amines) is 1. The Morgan fingerprint density at radius 1 is 1.26 bits per heavy atom. The van der Waals surface area contributed by atoms with Crippen molar-refractivity contribution in [2.45, 2.75) is 65.2 Å². The van der Waals surface area contributed by atoms with Crippen molar-refractivity contribution in [3.8, 4) is 0 Å². The average molecular weight is 484 g/mol. The monoisotopic (exact) mass is 483 g/mol. The van der Waals surface area contributed by atoms with Gasteiger partial charge in [-0.1, -0.05) is 35.9 Å². The minimum Gasteiger partial charge on any atom is -0.463 e. The zero-order valence-corrected chi connectivity index (χ0v) is 21.3. The quantitative estimate of drug-likeness (QED) is 0.353. The Morgan fingerprint density at radius 3 is 2.80 bits per heavy atom. The van der Waals surface area contributed by atoms with E-state index in [0.29, 0.717) is 24.8 Å². The number of nitrogens with zero attached hydrogens (tertiary/aromatic N) is 1. The molecule has 2 aromatic carbocycles. The number of β-amino-alcohol motifs (C(OH)–C–C–N with tert-alkyl or cyclic N) is 1. The Kier molecular flexibility index (Phi) is 10.0. The van der Waals surface area contributed by atoms with Gasteiger partial charge in [0.25, 0.3) is 0 Å². The SMILES string of the molecule is CCOC(=O)/C=C/c1ccc(C)cc1[C@@H](C)OC[C@H](O)CN1CCC[C@H]1Cc1ccc(C)c(F)c1. The predicted molar refractivity (Wildman–Crippen MR) is 137 cm³/mol. The molecule has 0 aromatic heterocycles. The number of rotatable bonds is 11. The van der Waals surface area contributed by atoms with Crippen molar-refractivity contribution in [2.75, 3.05) is 26.3 Å². The Bertz CT molecular complexity index is 1020. The summed E-state index contributed by atoms with van der Waals surface area (Å²) in [7, 11) is 0. The zero-order chi connectivity index (χ0) is 25.4. The number of benzene rings is 2. The van der Waals surface area contributed by atoms with E-state index in [9.17, 15) is 14.3 Å². The summed E-state index contributed by atoms with van der Waals surface area (Å²) in [6.45, 7) is 9.50. The van der Waals surface area contributed by atoms with Crippen LogP contribution in [0, 0.1) is 19.7 Å². The summed E-state index contributed by atoms with van der Waals surface area (Å²) < 4.78 is 25.0. The van der Waals surface area contributed by atoms with Crippen molar-refractivity contribution >= 4 is 12.0 Å². The highest BCUT2D eigenvalue weighted by Gasteiger charge is 2.27. The molecule has 3 rings (SSSR count). The summed E-state index contributed by atoms with van der Waals surface area (Å²) in [5.41, 5.74) is 4.59. The maximum atomic E-state index is 14.0. The summed E-state index contributed by atoms with van der Waals surface area (Å²) in [4.78, 5) is 14.0. The smallest absolute Gasteiger partial charge is 0.330 e. The molecule has 2 aromatic rings. The third-order valence-corrected chi connectivity index (χ3v) is 6.56. The first-order valence-electron chi connectivity index (χ1n) is 12.5. The lowest BCUT2D eigenvalue weighted by Gasteiger charge is -2.27. The minimum absolute atomic E-state index is 0.165. The van der Waals surface area contributed by atoms with Crippen molar-refractivity contribution in [2.24, 2.45) is 0 Å². The van der Waals surface area contributed by atoms with Gasteiger partial charge in [-0.15, -0.1) is 0 Å².